The molecule has 46 valence electrons. The van der Waals surface area contributed by atoms with Crippen molar-refractivity contribution in [2.45, 2.75) is 0 Å². The van der Waals surface area contributed by atoms with Gasteiger partial charge in [0.1, 0.15) is 5.88 Å². The van der Waals surface area contributed by atoms with Gasteiger partial charge in [0.05, 0.1) is 10.8 Å². The molecule has 0 aromatic heterocycles. The third kappa shape index (κ3) is 0.561. The van der Waals surface area contributed by atoms with E-state index in [2.05, 4.69) is 20.4 Å². The predicted octanol–water partition coefficient (Wildman–Crippen LogP) is -0.116. The average molecular weight is 142 g/mol. The summed E-state index contributed by atoms with van der Waals surface area (Å²) in [5, 5.41) is 10.8. The van der Waals surface area contributed by atoms with Gasteiger partial charge in [0.2, 0.25) is 5.84 Å². The number of hydrogen-bond donors (Lipinski definition) is 0. The van der Waals surface area contributed by atoms with Crippen molar-refractivity contribution >= 4 is 21.7 Å². The van der Waals surface area contributed by atoms with E-state index in [1.54, 1.807) is 0 Å². The maximum Gasteiger partial charge on any atom is 0.209 e. The molecule has 1 unspecified atom stereocenters. The zero-order chi connectivity index (χ0) is 6.27. The molecule has 9 heavy (non-hydrogen) atoms. The van der Waals surface area contributed by atoms with Crippen LogP contribution in [0.1, 0.15) is 0 Å². The van der Waals surface area contributed by atoms with E-state index in [0.717, 1.165) is 0 Å². The van der Waals surface area contributed by atoms with Crippen LogP contribution in [-0.2, 0) is 10.8 Å². The molecule has 6 heteroatoms. The molecule has 0 amide bonds. The summed E-state index contributed by atoms with van der Waals surface area (Å²) in [7, 11) is -1.07. The highest BCUT2D eigenvalue weighted by atomic mass is 32.2. The Morgan fingerprint density at radius 1 is 1.56 bits per heavy atom. The molecule has 2 aliphatic rings. The van der Waals surface area contributed by atoms with E-state index in [-0.39, 0.29) is 0 Å². The lowest BCUT2D eigenvalue weighted by molar-refractivity contribution is 0.690. The molecule has 0 spiro atoms. The molecule has 0 saturated carbocycles. The molecule has 0 saturated heterocycles. The number of amidine groups is 1. The van der Waals surface area contributed by atoms with Gasteiger partial charge in [-0.25, -0.2) is 4.99 Å². The van der Waals surface area contributed by atoms with Gasteiger partial charge in [-0.3, -0.25) is 4.21 Å². The summed E-state index contributed by atoms with van der Waals surface area (Å²) in [5.74, 6) is 0.737. The maximum atomic E-state index is 10.8. The van der Waals surface area contributed by atoms with Crippen LogP contribution in [0.3, 0.4) is 0 Å². The second-order valence-electron chi connectivity index (χ2n) is 1.55. The molecule has 2 aliphatic heterocycles. The highest BCUT2D eigenvalue weighted by Crippen LogP contribution is 2.09. The predicted molar refractivity (Wildman–Crippen MR) is 32.7 cm³/mol. The Morgan fingerprint density at radius 2 is 2.44 bits per heavy atom. The second kappa shape index (κ2) is 1.53. The van der Waals surface area contributed by atoms with Crippen molar-refractivity contribution in [3.05, 3.63) is 0 Å². The summed E-state index contributed by atoms with van der Waals surface area (Å²) < 4.78 is 10.8. The van der Waals surface area contributed by atoms with E-state index >= 15 is 0 Å². The molecule has 2 rings (SSSR count). The van der Waals surface area contributed by atoms with E-state index in [1.165, 1.54) is 0 Å². The molecule has 0 bridgehead atoms. The highest BCUT2D eigenvalue weighted by molar-refractivity contribution is 8.03. The Bertz CT molecular complexity index is 265. The van der Waals surface area contributed by atoms with Crippen LogP contribution in [0.25, 0.3) is 0 Å². The van der Waals surface area contributed by atoms with Gasteiger partial charge in [-0.15, -0.1) is 10.2 Å². The van der Waals surface area contributed by atoms with Gasteiger partial charge in [0.25, 0.3) is 0 Å². The van der Waals surface area contributed by atoms with E-state index in [1.807, 2.05) is 0 Å². The van der Waals surface area contributed by atoms with Gasteiger partial charge >= 0.3 is 0 Å². The fourth-order valence-electron chi connectivity index (χ4n) is 0.620. The molecule has 0 fully saturated rings. The van der Waals surface area contributed by atoms with Crippen molar-refractivity contribution in [1.82, 2.24) is 0 Å². The zero-order valence-electron chi connectivity index (χ0n) is 4.31. The van der Waals surface area contributed by atoms with Crippen LogP contribution in [0.5, 0.6) is 0 Å². The average Bonchev–Trinajstić information content (AvgIpc) is 2.35. The molecule has 0 N–H and O–H groups in total. The first-order valence-corrected chi connectivity index (χ1v) is 3.62. The SMILES string of the molecule is O=S1CN=C2N=NN=C21. The molecule has 0 aromatic carbocycles. The number of rotatable bonds is 0. The Balaban J connectivity index is 2.53. The Hall–Kier alpha value is -0.910. The van der Waals surface area contributed by atoms with E-state index < -0.39 is 10.8 Å². The molecule has 2 heterocycles. The molecule has 1 atom stereocenters. The van der Waals surface area contributed by atoms with Gasteiger partial charge in [-0.05, 0) is 5.22 Å². The lowest BCUT2D eigenvalue weighted by atomic mass is 10.7. The van der Waals surface area contributed by atoms with E-state index in [4.69, 9.17) is 0 Å². The van der Waals surface area contributed by atoms with Crippen LogP contribution in [0.15, 0.2) is 20.4 Å². The molecular formula is C3H2N4OS. The largest absolute Gasteiger partial charge is 0.251 e. The Kier molecular flexibility index (Phi) is 0.839. The van der Waals surface area contributed by atoms with Gasteiger partial charge < -0.3 is 0 Å². The summed E-state index contributed by atoms with van der Waals surface area (Å²) in [6, 6.07) is 0. The third-order valence-corrected chi connectivity index (χ3v) is 2.07. The maximum absolute atomic E-state index is 10.8. The van der Waals surface area contributed by atoms with Crippen LogP contribution < -0.4 is 0 Å². The second-order valence-corrected chi connectivity index (χ2v) is 2.89. The first-order chi connectivity index (χ1) is 4.38. The van der Waals surface area contributed by atoms with Gasteiger partial charge in [0, 0.05) is 0 Å². The summed E-state index contributed by atoms with van der Waals surface area (Å²) in [6.45, 7) is 0. The monoisotopic (exact) mass is 142 g/mol. The molecule has 0 aromatic rings. The van der Waals surface area contributed by atoms with Crippen LogP contribution in [0, 0.1) is 0 Å². The van der Waals surface area contributed by atoms with Crippen molar-refractivity contribution < 1.29 is 4.21 Å². The van der Waals surface area contributed by atoms with Gasteiger partial charge in [-0.2, -0.15) is 0 Å². The van der Waals surface area contributed by atoms with Crippen LogP contribution in [0.4, 0.5) is 0 Å². The first-order valence-electron chi connectivity index (χ1n) is 2.30. The zero-order valence-corrected chi connectivity index (χ0v) is 5.13. The normalized spacial score (nSPS) is 30.0. The minimum Gasteiger partial charge on any atom is -0.251 e. The van der Waals surface area contributed by atoms with Crippen LogP contribution in [-0.4, -0.2) is 21.0 Å². The standard InChI is InChI=1S/C3H2N4OS/c8-9-1-4-2-3(9)6-7-5-2/h1H2. The van der Waals surface area contributed by atoms with Crippen molar-refractivity contribution in [2.75, 3.05) is 5.88 Å². The van der Waals surface area contributed by atoms with Crippen molar-refractivity contribution in [2.24, 2.45) is 20.4 Å². The molecule has 5 nitrogen and oxygen atoms in total. The summed E-state index contributed by atoms with van der Waals surface area (Å²) in [4.78, 5) is 3.80. The van der Waals surface area contributed by atoms with Crippen LogP contribution in [0.2, 0.25) is 0 Å². The highest BCUT2D eigenvalue weighted by Gasteiger charge is 2.26. The molecule has 0 aliphatic carbocycles. The summed E-state index contributed by atoms with van der Waals surface area (Å²) >= 11 is 0. The number of hydrogen-bond acceptors (Lipinski definition) is 5. The Labute approximate surface area is 53.0 Å². The van der Waals surface area contributed by atoms with E-state index in [9.17, 15) is 4.21 Å². The molecular weight excluding hydrogens is 140 g/mol. The lowest BCUT2D eigenvalue weighted by Crippen LogP contribution is -2.06. The molecule has 0 radical (unpaired) electrons. The summed E-state index contributed by atoms with van der Waals surface area (Å²) in [6.07, 6.45) is 0. The number of nitrogens with zero attached hydrogens (tertiary/aromatic N) is 4. The third-order valence-electron chi connectivity index (χ3n) is 1.01. The minimum atomic E-state index is -1.07. The smallest absolute Gasteiger partial charge is 0.209 e. The van der Waals surface area contributed by atoms with Crippen molar-refractivity contribution in [3.63, 3.8) is 0 Å². The fraction of sp³-hybridized carbons (Fsp3) is 0.333. The van der Waals surface area contributed by atoms with Crippen LogP contribution >= 0.6 is 0 Å². The lowest BCUT2D eigenvalue weighted by Gasteiger charge is -1.79. The number of fused-ring (bicyclic) bond motifs is 1. The fourth-order valence-corrected chi connectivity index (χ4v) is 1.42. The summed E-state index contributed by atoms with van der Waals surface area (Å²) in [5.41, 5.74) is 0. The topological polar surface area (TPSA) is 66.5 Å². The first kappa shape index (κ1) is 4.92. The van der Waals surface area contributed by atoms with Gasteiger partial charge in [0.15, 0.2) is 5.04 Å². The van der Waals surface area contributed by atoms with E-state index in [0.29, 0.717) is 16.8 Å². The quantitative estimate of drug-likeness (QED) is 0.465. The minimum absolute atomic E-state index is 0.299. The van der Waals surface area contributed by atoms with Crippen molar-refractivity contribution in [1.29, 1.82) is 0 Å². The Morgan fingerprint density at radius 3 is 3.22 bits per heavy atom. The number of aliphatic imine (C=N–C) groups is 1. The van der Waals surface area contributed by atoms with Crippen molar-refractivity contribution in [3.8, 4) is 0 Å². The van der Waals surface area contributed by atoms with Gasteiger partial charge in [-0.1, -0.05) is 0 Å².